The van der Waals surface area contributed by atoms with Crippen molar-refractivity contribution in [2.45, 2.75) is 0 Å². The largest absolute Gasteiger partial charge is 0.352 e. The van der Waals surface area contributed by atoms with Gasteiger partial charge in [0.2, 0.25) is 0 Å². The highest BCUT2D eigenvalue weighted by Gasteiger charge is 2.07. The lowest BCUT2D eigenvalue weighted by Crippen LogP contribution is -1.96. The summed E-state index contributed by atoms with van der Waals surface area (Å²) in [7, 11) is 0. The van der Waals surface area contributed by atoms with Crippen LogP contribution < -0.4 is 5.32 Å². The molecular weight excluding hydrogens is 274 g/mol. The summed E-state index contributed by atoms with van der Waals surface area (Å²) in [5, 5.41) is 12.5. The monoisotopic (exact) mass is 280 g/mol. The average Bonchev–Trinajstić information content (AvgIpc) is 2.33. The third-order valence-electron chi connectivity index (χ3n) is 2.30. The topological polar surface area (TPSA) is 35.8 Å². The van der Waals surface area contributed by atoms with Crippen LogP contribution in [-0.4, -0.2) is 0 Å². The molecule has 2 aromatic carbocycles. The number of nitriles is 1. The van der Waals surface area contributed by atoms with Gasteiger partial charge in [0, 0.05) is 10.0 Å². The third-order valence-corrected chi connectivity index (χ3v) is 2.77. The van der Waals surface area contributed by atoms with Crippen LogP contribution in [0, 0.1) is 17.1 Å². The molecule has 0 bridgehead atoms. The van der Waals surface area contributed by atoms with E-state index in [1.165, 1.54) is 12.1 Å². The van der Waals surface area contributed by atoms with Crippen LogP contribution in [-0.2, 0) is 0 Å². The normalized spacial score (nSPS) is 9.89. The maximum absolute atomic E-state index is 13.6. The van der Waals surface area contributed by atoms with Crippen molar-refractivity contribution in [3.8, 4) is 6.07 Å². The van der Waals surface area contributed by atoms with Gasteiger partial charge in [-0.25, -0.2) is 4.39 Å². The molecule has 0 aliphatic rings. The minimum Gasteiger partial charge on any atom is -0.352 e. The molecule has 5 heteroatoms. The summed E-state index contributed by atoms with van der Waals surface area (Å²) in [6.45, 7) is 0. The standard InChI is InChI=1S/C13H7Cl2FN2/c14-9-3-4-12(11(16)5-9)18-13-6-10(15)2-1-8(13)7-17/h1-6,18H. The molecule has 90 valence electrons. The van der Waals surface area contributed by atoms with Gasteiger partial charge in [-0.15, -0.1) is 0 Å². The van der Waals surface area contributed by atoms with Crippen LogP contribution in [0.5, 0.6) is 0 Å². The summed E-state index contributed by atoms with van der Waals surface area (Å²) in [6, 6.07) is 11.0. The van der Waals surface area contributed by atoms with Gasteiger partial charge in [0.05, 0.1) is 16.9 Å². The van der Waals surface area contributed by atoms with Crippen LogP contribution >= 0.6 is 23.2 Å². The van der Waals surface area contributed by atoms with E-state index in [4.69, 9.17) is 28.5 Å². The molecule has 0 spiro atoms. The maximum Gasteiger partial charge on any atom is 0.148 e. The molecule has 2 rings (SSSR count). The fraction of sp³-hybridized carbons (Fsp3) is 0. The molecule has 0 saturated carbocycles. The number of benzene rings is 2. The van der Waals surface area contributed by atoms with E-state index < -0.39 is 5.82 Å². The van der Waals surface area contributed by atoms with Crippen LogP contribution in [0.2, 0.25) is 10.0 Å². The van der Waals surface area contributed by atoms with Gasteiger partial charge >= 0.3 is 0 Å². The first-order chi connectivity index (χ1) is 8.60. The van der Waals surface area contributed by atoms with Crippen molar-refractivity contribution >= 4 is 34.6 Å². The van der Waals surface area contributed by atoms with Gasteiger partial charge in [0.15, 0.2) is 0 Å². The third kappa shape index (κ3) is 2.73. The molecule has 0 aromatic heterocycles. The van der Waals surface area contributed by atoms with Crippen molar-refractivity contribution in [3.05, 3.63) is 57.8 Å². The Labute approximate surface area is 114 Å². The van der Waals surface area contributed by atoms with E-state index in [0.29, 0.717) is 21.3 Å². The zero-order chi connectivity index (χ0) is 13.1. The molecule has 0 aliphatic carbocycles. The number of nitrogens with one attached hydrogen (secondary N) is 1. The quantitative estimate of drug-likeness (QED) is 0.862. The van der Waals surface area contributed by atoms with Crippen LogP contribution in [0.3, 0.4) is 0 Å². The van der Waals surface area contributed by atoms with E-state index in [1.807, 2.05) is 6.07 Å². The summed E-state index contributed by atoms with van der Waals surface area (Å²) in [5.41, 5.74) is 1.07. The molecule has 0 radical (unpaired) electrons. The van der Waals surface area contributed by atoms with Gasteiger partial charge in [0.25, 0.3) is 0 Å². The highest BCUT2D eigenvalue weighted by atomic mass is 35.5. The summed E-state index contributed by atoms with van der Waals surface area (Å²) in [5.74, 6) is -0.494. The lowest BCUT2D eigenvalue weighted by Gasteiger charge is -2.09. The number of rotatable bonds is 2. The minimum absolute atomic E-state index is 0.234. The molecule has 0 atom stereocenters. The lowest BCUT2D eigenvalue weighted by molar-refractivity contribution is 0.632. The Balaban J connectivity index is 2.40. The van der Waals surface area contributed by atoms with Crippen molar-refractivity contribution in [2.75, 3.05) is 5.32 Å². The van der Waals surface area contributed by atoms with Gasteiger partial charge in [-0.05, 0) is 36.4 Å². The summed E-state index contributed by atoms with van der Waals surface area (Å²) in [4.78, 5) is 0. The van der Waals surface area contributed by atoms with E-state index in [0.717, 1.165) is 0 Å². The Bertz CT molecular complexity index is 635. The Morgan fingerprint density at radius 3 is 2.33 bits per heavy atom. The zero-order valence-corrected chi connectivity index (χ0v) is 10.6. The highest BCUT2D eigenvalue weighted by Crippen LogP contribution is 2.27. The van der Waals surface area contributed by atoms with E-state index in [-0.39, 0.29) is 5.69 Å². The van der Waals surface area contributed by atoms with Crippen molar-refractivity contribution < 1.29 is 4.39 Å². The molecule has 2 nitrogen and oxygen atoms in total. The van der Waals surface area contributed by atoms with Crippen molar-refractivity contribution in [3.63, 3.8) is 0 Å². The van der Waals surface area contributed by atoms with E-state index in [2.05, 4.69) is 5.32 Å². The van der Waals surface area contributed by atoms with Gasteiger partial charge < -0.3 is 5.32 Å². The molecule has 0 fully saturated rings. The van der Waals surface area contributed by atoms with Crippen molar-refractivity contribution in [1.29, 1.82) is 5.26 Å². The van der Waals surface area contributed by atoms with Crippen LogP contribution in [0.4, 0.5) is 15.8 Å². The second-order valence-electron chi connectivity index (χ2n) is 3.55. The van der Waals surface area contributed by atoms with E-state index in [9.17, 15) is 4.39 Å². The molecule has 0 amide bonds. The predicted molar refractivity (Wildman–Crippen MR) is 70.9 cm³/mol. The summed E-state index contributed by atoms with van der Waals surface area (Å²) in [6.07, 6.45) is 0. The number of anilines is 2. The van der Waals surface area contributed by atoms with Gasteiger partial charge in [-0.1, -0.05) is 23.2 Å². The highest BCUT2D eigenvalue weighted by molar-refractivity contribution is 6.31. The Morgan fingerprint density at radius 1 is 1.00 bits per heavy atom. The number of hydrogen-bond acceptors (Lipinski definition) is 2. The predicted octanol–water partition coefficient (Wildman–Crippen LogP) is 4.75. The molecule has 0 aliphatic heterocycles. The SMILES string of the molecule is N#Cc1ccc(Cl)cc1Nc1ccc(Cl)cc1F. The number of halogens is 3. The second-order valence-corrected chi connectivity index (χ2v) is 4.42. The second kappa shape index (κ2) is 5.26. The fourth-order valence-corrected chi connectivity index (χ4v) is 1.78. The Morgan fingerprint density at radius 2 is 1.67 bits per heavy atom. The average molecular weight is 281 g/mol. The molecular formula is C13H7Cl2FN2. The van der Waals surface area contributed by atoms with Gasteiger partial charge in [-0.2, -0.15) is 5.26 Å². The molecule has 18 heavy (non-hydrogen) atoms. The number of nitrogens with zero attached hydrogens (tertiary/aromatic N) is 1. The number of hydrogen-bond donors (Lipinski definition) is 1. The van der Waals surface area contributed by atoms with Crippen molar-refractivity contribution in [2.24, 2.45) is 0 Å². The summed E-state index contributed by atoms with van der Waals surface area (Å²) < 4.78 is 13.6. The first-order valence-corrected chi connectivity index (χ1v) is 5.77. The van der Waals surface area contributed by atoms with Crippen LogP contribution in [0.1, 0.15) is 5.56 Å². The van der Waals surface area contributed by atoms with Crippen LogP contribution in [0.15, 0.2) is 36.4 Å². The molecule has 1 N–H and O–H groups in total. The zero-order valence-electron chi connectivity index (χ0n) is 9.05. The summed E-state index contributed by atoms with van der Waals surface area (Å²) >= 11 is 11.5. The molecule has 0 saturated heterocycles. The fourth-order valence-electron chi connectivity index (χ4n) is 1.45. The Kier molecular flexibility index (Phi) is 3.71. The minimum atomic E-state index is -0.494. The lowest BCUT2D eigenvalue weighted by atomic mass is 10.2. The van der Waals surface area contributed by atoms with Crippen LogP contribution in [0.25, 0.3) is 0 Å². The van der Waals surface area contributed by atoms with Gasteiger partial charge in [0.1, 0.15) is 11.9 Å². The van der Waals surface area contributed by atoms with Crippen molar-refractivity contribution in [1.82, 2.24) is 0 Å². The van der Waals surface area contributed by atoms with Gasteiger partial charge in [-0.3, -0.25) is 0 Å². The Hall–Kier alpha value is -1.76. The van der Waals surface area contributed by atoms with E-state index >= 15 is 0 Å². The maximum atomic E-state index is 13.6. The van der Waals surface area contributed by atoms with E-state index in [1.54, 1.807) is 24.3 Å². The first kappa shape index (κ1) is 12.7. The smallest absolute Gasteiger partial charge is 0.148 e. The molecule has 2 aromatic rings. The molecule has 0 heterocycles. The molecule has 0 unspecified atom stereocenters. The first-order valence-electron chi connectivity index (χ1n) is 5.02.